The van der Waals surface area contributed by atoms with E-state index in [1.807, 2.05) is 17.0 Å². The molecule has 1 fully saturated rings. The summed E-state index contributed by atoms with van der Waals surface area (Å²) in [6.45, 7) is 1.59. The Balaban J connectivity index is 1.97. The van der Waals surface area contributed by atoms with Gasteiger partial charge in [0.25, 0.3) is 5.91 Å². The van der Waals surface area contributed by atoms with Crippen LogP contribution in [0.5, 0.6) is 0 Å². The highest BCUT2D eigenvalue weighted by molar-refractivity contribution is 7.73. The van der Waals surface area contributed by atoms with Crippen LogP contribution >= 0.6 is 35.2 Å². The van der Waals surface area contributed by atoms with Crippen LogP contribution in [0.3, 0.4) is 0 Å². The van der Waals surface area contributed by atoms with E-state index in [2.05, 4.69) is 0 Å². The normalized spacial score (nSPS) is 15.0. The highest BCUT2D eigenvalue weighted by atomic mass is 35.5. The molecular formula is C15H16ClN3OS2. The first kappa shape index (κ1) is 15.5. The summed E-state index contributed by atoms with van der Waals surface area (Å²) in [4.78, 5) is 15.0. The van der Waals surface area contributed by atoms with Gasteiger partial charge in [-0.3, -0.25) is 9.36 Å². The third-order valence-corrected chi connectivity index (χ3v) is 5.40. The minimum Gasteiger partial charge on any atom is -0.383 e. The number of carbonyl (C=O) groups is 1. The number of benzene rings is 1. The van der Waals surface area contributed by atoms with Crippen molar-refractivity contribution in [3.8, 4) is 5.69 Å². The molecule has 2 aromatic rings. The van der Waals surface area contributed by atoms with Gasteiger partial charge in [0.2, 0.25) is 0 Å². The molecule has 22 heavy (non-hydrogen) atoms. The molecule has 2 heterocycles. The number of anilines is 1. The van der Waals surface area contributed by atoms with Gasteiger partial charge >= 0.3 is 0 Å². The first-order valence-corrected chi connectivity index (χ1v) is 8.75. The number of nitrogens with two attached hydrogens (primary N) is 1. The van der Waals surface area contributed by atoms with Crippen molar-refractivity contribution in [2.75, 3.05) is 18.8 Å². The molecule has 1 aromatic heterocycles. The van der Waals surface area contributed by atoms with E-state index in [1.54, 1.807) is 16.7 Å². The average molecular weight is 354 g/mol. The number of hydrogen-bond acceptors (Lipinski definition) is 4. The molecular weight excluding hydrogens is 338 g/mol. The van der Waals surface area contributed by atoms with Crippen molar-refractivity contribution in [2.24, 2.45) is 0 Å². The fraction of sp³-hybridized carbons (Fsp3) is 0.333. The first-order valence-electron chi connectivity index (χ1n) is 7.14. The molecule has 0 radical (unpaired) electrons. The zero-order valence-corrected chi connectivity index (χ0v) is 14.3. The van der Waals surface area contributed by atoms with Crippen LogP contribution in [0, 0.1) is 3.95 Å². The number of nitrogen functional groups attached to an aromatic ring is 1. The maximum absolute atomic E-state index is 12.6. The number of likely N-dealkylation sites (tertiary alicyclic amines) is 1. The molecule has 1 aliphatic rings. The molecule has 0 bridgehead atoms. The molecule has 0 saturated carbocycles. The Morgan fingerprint density at radius 1 is 1.18 bits per heavy atom. The van der Waals surface area contributed by atoms with E-state index in [-0.39, 0.29) is 5.91 Å². The lowest BCUT2D eigenvalue weighted by molar-refractivity contribution is 0.0730. The highest BCUT2D eigenvalue weighted by Crippen LogP contribution is 2.28. The maximum Gasteiger partial charge on any atom is 0.267 e. The molecule has 0 unspecified atom stereocenters. The van der Waals surface area contributed by atoms with Crippen molar-refractivity contribution in [1.29, 1.82) is 0 Å². The van der Waals surface area contributed by atoms with Crippen LogP contribution in [0.1, 0.15) is 28.9 Å². The van der Waals surface area contributed by atoms with Gasteiger partial charge in [0.15, 0.2) is 3.95 Å². The standard InChI is InChI=1S/C15H16ClN3OS2/c16-10-4-6-11(7-5-10)19-13(17)12(22-15(19)21)14(20)18-8-2-1-3-9-18/h4-7H,1-3,8-9,17H2. The average Bonchev–Trinajstić information content (AvgIpc) is 2.83. The predicted molar refractivity (Wildman–Crippen MR) is 93.7 cm³/mol. The number of halogens is 1. The Labute approximate surface area is 143 Å². The number of amides is 1. The number of aromatic nitrogens is 1. The van der Waals surface area contributed by atoms with E-state index in [0.717, 1.165) is 31.6 Å². The number of thiazole rings is 1. The van der Waals surface area contributed by atoms with E-state index in [9.17, 15) is 4.79 Å². The quantitative estimate of drug-likeness (QED) is 0.826. The van der Waals surface area contributed by atoms with Crippen molar-refractivity contribution < 1.29 is 4.79 Å². The second-order valence-electron chi connectivity index (χ2n) is 5.25. The van der Waals surface area contributed by atoms with Crippen LogP contribution in [0.4, 0.5) is 5.82 Å². The van der Waals surface area contributed by atoms with Crippen molar-refractivity contribution in [1.82, 2.24) is 9.47 Å². The lowest BCUT2D eigenvalue weighted by Crippen LogP contribution is -2.35. The van der Waals surface area contributed by atoms with Gasteiger partial charge in [-0.1, -0.05) is 22.9 Å². The van der Waals surface area contributed by atoms with Crippen molar-refractivity contribution in [2.45, 2.75) is 19.3 Å². The number of piperidine rings is 1. The molecule has 1 saturated heterocycles. The van der Waals surface area contributed by atoms with E-state index < -0.39 is 0 Å². The van der Waals surface area contributed by atoms with Crippen LogP contribution in [-0.4, -0.2) is 28.5 Å². The summed E-state index contributed by atoms with van der Waals surface area (Å²) >= 11 is 12.6. The molecule has 0 spiro atoms. The van der Waals surface area contributed by atoms with Gasteiger partial charge in [-0.15, -0.1) is 0 Å². The third-order valence-electron chi connectivity index (χ3n) is 3.77. The summed E-state index contributed by atoms with van der Waals surface area (Å²) in [5, 5.41) is 0.647. The molecule has 1 aliphatic heterocycles. The number of nitrogens with zero attached hydrogens (tertiary/aromatic N) is 2. The van der Waals surface area contributed by atoms with Crippen molar-refractivity contribution in [3.63, 3.8) is 0 Å². The van der Waals surface area contributed by atoms with Crippen molar-refractivity contribution >= 4 is 46.9 Å². The monoisotopic (exact) mass is 353 g/mol. The van der Waals surface area contributed by atoms with Gasteiger partial charge in [-0.2, -0.15) is 0 Å². The molecule has 0 aliphatic carbocycles. The SMILES string of the molecule is Nc1c(C(=O)N2CCCCC2)sc(=S)n1-c1ccc(Cl)cc1. The molecule has 116 valence electrons. The number of rotatable bonds is 2. The van der Waals surface area contributed by atoms with Crippen molar-refractivity contribution in [3.05, 3.63) is 38.1 Å². The van der Waals surface area contributed by atoms with Gasteiger partial charge in [0.05, 0.1) is 0 Å². The van der Waals surface area contributed by atoms with Gasteiger partial charge < -0.3 is 10.6 Å². The second kappa shape index (κ2) is 6.40. The summed E-state index contributed by atoms with van der Waals surface area (Å²) in [6.07, 6.45) is 3.28. The van der Waals surface area contributed by atoms with E-state index in [1.165, 1.54) is 17.8 Å². The van der Waals surface area contributed by atoms with E-state index >= 15 is 0 Å². The Morgan fingerprint density at radius 2 is 1.82 bits per heavy atom. The topological polar surface area (TPSA) is 51.3 Å². The Hall–Kier alpha value is -1.37. The molecule has 7 heteroatoms. The van der Waals surface area contributed by atoms with Gasteiger partial charge in [0, 0.05) is 23.8 Å². The van der Waals surface area contributed by atoms with Crippen LogP contribution in [0.2, 0.25) is 5.02 Å². The van der Waals surface area contributed by atoms with E-state index in [0.29, 0.717) is 19.7 Å². The lowest BCUT2D eigenvalue weighted by atomic mass is 10.1. The summed E-state index contributed by atoms with van der Waals surface area (Å²) in [7, 11) is 0. The molecule has 4 nitrogen and oxygen atoms in total. The molecule has 1 aromatic carbocycles. The molecule has 3 rings (SSSR count). The Morgan fingerprint density at radius 3 is 2.45 bits per heavy atom. The fourth-order valence-corrected chi connectivity index (χ4v) is 4.08. The summed E-state index contributed by atoms with van der Waals surface area (Å²) in [6, 6.07) is 7.25. The Kier molecular flexibility index (Phi) is 4.52. The number of hydrogen-bond donors (Lipinski definition) is 1. The van der Waals surface area contributed by atoms with E-state index in [4.69, 9.17) is 29.6 Å². The third kappa shape index (κ3) is 2.91. The fourth-order valence-electron chi connectivity index (χ4n) is 2.61. The molecule has 0 atom stereocenters. The summed E-state index contributed by atoms with van der Waals surface area (Å²) in [5.41, 5.74) is 7.03. The number of carbonyl (C=O) groups excluding carboxylic acids is 1. The lowest BCUT2D eigenvalue weighted by Gasteiger charge is -2.26. The largest absolute Gasteiger partial charge is 0.383 e. The minimum absolute atomic E-state index is 0.0130. The summed E-state index contributed by atoms with van der Waals surface area (Å²) < 4.78 is 2.30. The predicted octanol–water partition coefficient (Wildman–Crippen LogP) is 4.13. The second-order valence-corrected chi connectivity index (χ2v) is 7.33. The van der Waals surface area contributed by atoms with Crippen LogP contribution < -0.4 is 5.73 Å². The minimum atomic E-state index is -0.0130. The van der Waals surface area contributed by atoms with Gasteiger partial charge in [-0.25, -0.2) is 0 Å². The smallest absolute Gasteiger partial charge is 0.267 e. The van der Waals surface area contributed by atoms with Crippen LogP contribution in [0.15, 0.2) is 24.3 Å². The Bertz CT molecular complexity index is 745. The first-order chi connectivity index (χ1) is 10.6. The van der Waals surface area contributed by atoms with Crippen LogP contribution in [-0.2, 0) is 0 Å². The molecule has 2 N–H and O–H groups in total. The summed E-state index contributed by atoms with van der Waals surface area (Å²) in [5.74, 6) is 0.397. The zero-order chi connectivity index (χ0) is 15.7. The van der Waals surface area contributed by atoms with Gasteiger partial charge in [-0.05, 0) is 55.7 Å². The highest BCUT2D eigenvalue weighted by Gasteiger charge is 2.24. The zero-order valence-electron chi connectivity index (χ0n) is 11.9. The maximum atomic E-state index is 12.6. The molecule has 1 amide bonds. The van der Waals surface area contributed by atoms with Crippen LogP contribution in [0.25, 0.3) is 5.69 Å². The van der Waals surface area contributed by atoms with Gasteiger partial charge in [0.1, 0.15) is 10.7 Å².